The second-order valence-electron chi connectivity index (χ2n) is 4.21. The quantitative estimate of drug-likeness (QED) is 0.637. The topological polar surface area (TPSA) is 80.9 Å². The molecular formula is C12H12Cl2N4OS2. The number of carbonyl (C=O) groups excluding carboxylic acids is 1. The van der Waals surface area contributed by atoms with E-state index >= 15 is 0 Å². The summed E-state index contributed by atoms with van der Waals surface area (Å²) < 4.78 is 4.81. The van der Waals surface area contributed by atoms with Gasteiger partial charge < -0.3 is 11.1 Å². The van der Waals surface area contributed by atoms with Crippen molar-refractivity contribution in [3.05, 3.63) is 28.0 Å². The van der Waals surface area contributed by atoms with E-state index in [1.165, 1.54) is 35.4 Å². The molecule has 1 atom stereocenters. The molecule has 2 rings (SSSR count). The summed E-state index contributed by atoms with van der Waals surface area (Å²) in [7, 11) is 0. The number of anilines is 2. The Bertz CT molecular complexity index is 654. The molecule has 5 nitrogen and oxygen atoms in total. The lowest BCUT2D eigenvalue weighted by Crippen LogP contribution is -2.23. The third kappa shape index (κ3) is 4.23. The van der Waals surface area contributed by atoms with Gasteiger partial charge in [0, 0.05) is 5.02 Å². The first-order valence-electron chi connectivity index (χ1n) is 5.89. The van der Waals surface area contributed by atoms with Gasteiger partial charge in [0.25, 0.3) is 0 Å². The molecule has 0 aliphatic heterocycles. The van der Waals surface area contributed by atoms with Crippen LogP contribution in [0.25, 0.3) is 0 Å². The normalized spacial score (nSPS) is 12.2. The van der Waals surface area contributed by atoms with Crippen LogP contribution >= 0.6 is 46.5 Å². The molecule has 0 radical (unpaired) electrons. The smallest absolute Gasteiger partial charge is 0.237 e. The molecule has 0 saturated heterocycles. The highest BCUT2D eigenvalue weighted by Gasteiger charge is 2.19. The molecule has 1 heterocycles. The summed E-state index contributed by atoms with van der Waals surface area (Å²) in [5, 5.41) is 3.08. The van der Waals surface area contributed by atoms with Crippen LogP contribution in [-0.4, -0.2) is 20.5 Å². The minimum absolute atomic E-state index is 0.219. The molecule has 0 aliphatic rings. The fraction of sp³-hybridized carbons (Fsp3) is 0.250. The van der Waals surface area contributed by atoms with Gasteiger partial charge >= 0.3 is 0 Å². The molecule has 3 N–H and O–H groups in total. The Kier molecular flexibility index (Phi) is 5.32. The van der Waals surface area contributed by atoms with E-state index in [1.807, 2.05) is 0 Å². The van der Waals surface area contributed by atoms with Crippen molar-refractivity contribution >= 4 is 63.8 Å². The van der Waals surface area contributed by atoms with Crippen molar-refractivity contribution in [2.45, 2.75) is 23.4 Å². The molecule has 2 aromatic rings. The molecule has 21 heavy (non-hydrogen) atoms. The number of aryl methyl sites for hydroxylation is 1. The molecule has 1 amide bonds. The summed E-state index contributed by atoms with van der Waals surface area (Å²) in [5.74, 6) is 0.476. The van der Waals surface area contributed by atoms with E-state index in [1.54, 1.807) is 13.8 Å². The molecule has 1 unspecified atom stereocenters. The number of amides is 1. The highest BCUT2D eigenvalue weighted by Crippen LogP contribution is 2.33. The molecule has 112 valence electrons. The number of thioether (sulfide) groups is 1. The van der Waals surface area contributed by atoms with E-state index in [-0.39, 0.29) is 11.2 Å². The number of aromatic nitrogens is 2. The van der Waals surface area contributed by atoms with Crippen LogP contribution in [0.1, 0.15) is 12.7 Å². The van der Waals surface area contributed by atoms with Gasteiger partial charge in [-0.25, -0.2) is 4.98 Å². The van der Waals surface area contributed by atoms with E-state index in [0.29, 0.717) is 27.2 Å². The summed E-state index contributed by atoms with van der Waals surface area (Å²) in [6.45, 7) is 3.58. The van der Waals surface area contributed by atoms with Crippen LogP contribution in [0.3, 0.4) is 0 Å². The van der Waals surface area contributed by atoms with E-state index in [2.05, 4.69) is 14.7 Å². The number of carbonyl (C=O) groups is 1. The molecule has 0 fully saturated rings. The number of halogens is 2. The zero-order valence-electron chi connectivity index (χ0n) is 11.2. The Balaban J connectivity index is 2.07. The van der Waals surface area contributed by atoms with Gasteiger partial charge in [-0.2, -0.15) is 4.37 Å². The number of rotatable bonds is 4. The van der Waals surface area contributed by atoms with Gasteiger partial charge in [-0.05, 0) is 37.5 Å². The maximum absolute atomic E-state index is 12.2. The molecule has 0 saturated carbocycles. The molecule has 1 aromatic carbocycles. The second-order valence-corrected chi connectivity index (χ2v) is 7.39. The van der Waals surface area contributed by atoms with Crippen molar-refractivity contribution in [3.8, 4) is 0 Å². The van der Waals surface area contributed by atoms with Gasteiger partial charge in [-0.15, -0.1) is 0 Å². The van der Waals surface area contributed by atoms with Crippen LogP contribution in [0.4, 0.5) is 11.4 Å². The van der Waals surface area contributed by atoms with E-state index in [9.17, 15) is 4.79 Å². The third-order valence-corrected chi connectivity index (χ3v) is 4.98. The van der Waals surface area contributed by atoms with Crippen molar-refractivity contribution in [2.24, 2.45) is 0 Å². The third-order valence-electron chi connectivity index (χ3n) is 2.49. The van der Waals surface area contributed by atoms with Crippen molar-refractivity contribution in [1.29, 1.82) is 0 Å². The lowest BCUT2D eigenvalue weighted by atomic mass is 10.2. The van der Waals surface area contributed by atoms with Gasteiger partial charge in [0.1, 0.15) is 5.82 Å². The number of nitrogens with one attached hydrogen (secondary N) is 1. The zero-order chi connectivity index (χ0) is 15.6. The van der Waals surface area contributed by atoms with Gasteiger partial charge in [-0.1, -0.05) is 35.0 Å². The number of hydrogen-bond donors (Lipinski definition) is 2. The summed E-state index contributed by atoms with van der Waals surface area (Å²) in [6.07, 6.45) is 0. The number of benzene rings is 1. The maximum atomic E-state index is 12.2. The maximum Gasteiger partial charge on any atom is 0.237 e. The standard InChI is InChI=1S/C12H12Cl2N4OS2/c1-5(20-12-16-6(2)18-21-12)11(19)17-10-8(14)3-7(13)4-9(10)15/h3-5H,15H2,1-2H3,(H,17,19). The average Bonchev–Trinajstić information content (AvgIpc) is 2.78. The Labute approximate surface area is 140 Å². The summed E-state index contributed by atoms with van der Waals surface area (Å²) in [4.78, 5) is 16.4. The van der Waals surface area contributed by atoms with Gasteiger partial charge in [-0.3, -0.25) is 4.79 Å². The Hall–Kier alpha value is -1.02. The number of nitrogens with two attached hydrogens (primary N) is 1. The fourth-order valence-electron chi connectivity index (χ4n) is 1.48. The minimum atomic E-state index is -0.358. The molecule has 0 aliphatic carbocycles. The van der Waals surface area contributed by atoms with Crippen LogP contribution in [0.15, 0.2) is 16.5 Å². The monoisotopic (exact) mass is 362 g/mol. The van der Waals surface area contributed by atoms with Crippen LogP contribution in [0.5, 0.6) is 0 Å². The Morgan fingerprint density at radius 2 is 2.19 bits per heavy atom. The van der Waals surface area contributed by atoms with Crippen molar-refractivity contribution < 1.29 is 4.79 Å². The summed E-state index contributed by atoms with van der Waals surface area (Å²) in [5.41, 5.74) is 6.51. The number of hydrogen-bond acceptors (Lipinski definition) is 6. The van der Waals surface area contributed by atoms with Crippen LogP contribution in [0, 0.1) is 6.92 Å². The minimum Gasteiger partial charge on any atom is -0.397 e. The Morgan fingerprint density at radius 1 is 1.48 bits per heavy atom. The highest BCUT2D eigenvalue weighted by atomic mass is 35.5. The lowest BCUT2D eigenvalue weighted by molar-refractivity contribution is -0.115. The predicted molar refractivity (Wildman–Crippen MR) is 89.5 cm³/mol. The van der Waals surface area contributed by atoms with Crippen LogP contribution < -0.4 is 11.1 Å². The Morgan fingerprint density at radius 3 is 2.76 bits per heavy atom. The largest absolute Gasteiger partial charge is 0.397 e. The summed E-state index contributed by atoms with van der Waals surface area (Å²) in [6, 6.07) is 3.07. The number of nitrogen functional groups attached to an aromatic ring is 1. The average molecular weight is 363 g/mol. The lowest BCUT2D eigenvalue weighted by Gasteiger charge is -2.13. The number of nitrogens with zero attached hydrogens (tertiary/aromatic N) is 2. The predicted octanol–water partition coefficient (Wildman–Crippen LogP) is 3.85. The van der Waals surface area contributed by atoms with E-state index in [4.69, 9.17) is 28.9 Å². The molecule has 9 heteroatoms. The first-order valence-corrected chi connectivity index (χ1v) is 8.30. The first kappa shape index (κ1) is 16.4. The molecule has 0 bridgehead atoms. The van der Waals surface area contributed by atoms with Gasteiger partial charge in [0.15, 0.2) is 4.34 Å². The SMILES string of the molecule is Cc1nsc(SC(C)C(=O)Nc2c(N)cc(Cl)cc2Cl)n1. The van der Waals surface area contributed by atoms with Crippen molar-refractivity contribution in [2.75, 3.05) is 11.1 Å². The van der Waals surface area contributed by atoms with E-state index < -0.39 is 0 Å². The van der Waals surface area contributed by atoms with Gasteiger partial charge in [0.05, 0.1) is 21.6 Å². The second kappa shape index (κ2) is 6.83. The van der Waals surface area contributed by atoms with Crippen molar-refractivity contribution in [1.82, 2.24) is 9.36 Å². The molecular weight excluding hydrogens is 351 g/mol. The summed E-state index contributed by atoms with van der Waals surface area (Å²) >= 11 is 14.5. The van der Waals surface area contributed by atoms with Crippen molar-refractivity contribution in [3.63, 3.8) is 0 Å². The zero-order valence-corrected chi connectivity index (χ0v) is 14.3. The molecule has 0 spiro atoms. The first-order chi connectivity index (χ1) is 9.86. The molecule has 1 aromatic heterocycles. The highest BCUT2D eigenvalue weighted by molar-refractivity contribution is 8.02. The fourth-order valence-corrected chi connectivity index (χ4v) is 3.83. The van der Waals surface area contributed by atoms with Crippen LogP contribution in [-0.2, 0) is 4.79 Å². The van der Waals surface area contributed by atoms with Gasteiger partial charge in [0.2, 0.25) is 5.91 Å². The van der Waals surface area contributed by atoms with E-state index in [0.717, 1.165) is 4.34 Å². The van der Waals surface area contributed by atoms with Crippen LogP contribution in [0.2, 0.25) is 10.0 Å².